The molecule has 6 nitrogen and oxygen atoms in total. The third kappa shape index (κ3) is 4.64. The van der Waals surface area contributed by atoms with Gasteiger partial charge in [-0.2, -0.15) is 0 Å². The highest BCUT2D eigenvalue weighted by molar-refractivity contribution is 5.86. The molecule has 1 amide bonds. The molecule has 0 spiro atoms. The molecule has 0 fully saturated rings. The number of carbonyl (C=O) groups is 2. The molecule has 0 aromatic heterocycles. The Morgan fingerprint density at radius 1 is 1.42 bits per heavy atom. The van der Waals surface area contributed by atoms with E-state index in [0.717, 1.165) is 0 Å². The molecule has 0 aliphatic heterocycles. The van der Waals surface area contributed by atoms with Crippen molar-refractivity contribution in [3.63, 3.8) is 0 Å². The maximum Gasteiger partial charge on any atom is 0.412 e. The first-order valence-electron chi connectivity index (χ1n) is 3.54. The van der Waals surface area contributed by atoms with Crippen molar-refractivity contribution in [2.24, 2.45) is 17.2 Å². The number of primary amides is 1. The zero-order chi connectivity index (χ0) is 9.56. The molecule has 0 rings (SSSR count). The summed E-state index contributed by atoms with van der Waals surface area (Å²) >= 11 is 0. The van der Waals surface area contributed by atoms with E-state index < -0.39 is 18.1 Å². The van der Waals surface area contributed by atoms with Crippen LogP contribution in [-0.4, -0.2) is 24.6 Å². The summed E-state index contributed by atoms with van der Waals surface area (Å²) in [5.41, 5.74) is 15.1. The van der Waals surface area contributed by atoms with Crippen molar-refractivity contribution < 1.29 is 14.3 Å². The fraction of sp³-hybridized carbons (Fsp3) is 0.667. The minimum absolute atomic E-state index is 0.391. The highest BCUT2D eigenvalue weighted by Gasteiger charge is 2.16. The average Bonchev–Trinajstić information content (AvgIpc) is 1.98. The van der Waals surface area contributed by atoms with Crippen LogP contribution in [0.25, 0.3) is 0 Å². The van der Waals surface area contributed by atoms with Crippen LogP contribution in [0.2, 0.25) is 0 Å². The van der Waals surface area contributed by atoms with Gasteiger partial charge in [-0.05, 0) is 19.4 Å². The van der Waals surface area contributed by atoms with Crippen molar-refractivity contribution in [1.82, 2.24) is 0 Å². The zero-order valence-electron chi connectivity index (χ0n) is 6.66. The number of ether oxygens (including phenoxy) is 1. The molecule has 12 heavy (non-hydrogen) atoms. The lowest BCUT2D eigenvalue weighted by molar-refractivity contribution is -0.138. The van der Waals surface area contributed by atoms with E-state index in [9.17, 15) is 9.59 Å². The molecule has 0 aliphatic carbocycles. The Morgan fingerprint density at radius 3 is 2.42 bits per heavy atom. The largest absolute Gasteiger partial charge is 0.412 e. The topological polar surface area (TPSA) is 121 Å². The SMILES string of the molecule is NCCC[C@@H](N)C(=O)OC(N)=O. The minimum atomic E-state index is -1.14. The number of hydrogen-bond donors (Lipinski definition) is 3. The molecule has 0 saturated carbocycles. The zero-order valence-corrected chi connectivity index (χ0v) is 6.66. The van der Waals surface area contributed by atoms with Gasteiger partial charge in [0.15, 0.2) is 0 Å². The molecule has 6 heteroatoms. The van der Waals surface area contributed by atoms with Crippen LogP contribution in [0.15, 0.2) is 0 Å². The molecule has 0 radical (unpaired) electrons. The molecule has 0 aromatic carbocycles. The van der Waals surface area contributed by atoms with Crippen LogP contribution < -0.4 is 17.2 Å². The molecule has 1 atom stereocenters. The molecule has 70 valence electrons. The number of amides is 1. The summed E-state index contributed by atoms with van der Waals surface area (Å²) in [4.78, 5) is 20.9. The average molecular weight is 175 g/mol. The number of esters is 1. The van der Waals surface area contributed by atoms with Crippen LogP contribution in [0, 0.1) is 0 Å². The number of nitrogens with two attached hydrogens (primary N) is 3. The van der Waals surface area contributed by atoms with Gasteiger partial charge in [-0.25, -0.2) is 9.59 Å². The second-order valence-corrected chi connectivity index (χ2v) is 2.28. The van der Waals surface area contributed by atoms with Crippen LogP contribution in [0.1, 0.15) is 12.8 Å². The van der Waals surface area contributed by atoms with E-state index in [1.165, 1.54) is 0 Å². The Kier molecular flexibility index (Phi) is 4.98. The normalized spacial score (nSPS) is 12.2. The summed E-state index contributed by atoms with van der Waals surface area (Å²) in [6.07, 6.45) is -0.138. The van der Waals surface area contributed by atoms with Crippen molar-refractivity contribution >= 4 is 12.1 Å². The summed E-state index contributed by atoms with van der Waals surface area (Å²) < 4.78 is 4.04. The quantitative estimate of drug-likeness (QED) is 0.361. The van der Waals surface area contributed by atoms with Crippen molar-refractivity contribution in [3.05, 3.63) is 0 Å². The number of hydrogen-bond acceptors (Lipinski definition) is 5. The minimum Gasteiger partial charge on any atom is -0.375 e. The third-order valence-electron chi connectivity index (χ3n) is 1.22. The highest BCUT2D eigenvalue weighted by Crippen LogP contribution is 1.95. The first-order valence-corrected chi connectivity index (χ1v) is 3.54. The van der Waals surface area contributed by atoms with E-state index in [2.05, 4.69) is 10.5 Å². The van der Waals surface area contributed by atoms with E-state index in [1.807, 2.05) is 0 Å². The van der Waals surface area contributed by atoms with Crippen LogP contribution in [-0.2, 0) is 9.53 Å². The van der Waals surface area contributed by atoms with Crippen molar-refractivity contribution in [1.29, 1.82) is 0 Å². The fourth-order valence-electron chi connectivity index (χ4n) is 0.630. The second kappa shape index (κ2) is 5.50. The van der Waals surface area contributed by atoms with E-state index in [0.29, 0.717) is 19.4 Å². The monoisotopic (exact) mass is 175 g/mol. The van der Waals surface area contributed by atoms with Crippen LogP contribution in [0.5, 0.6) is 0 Å². The Hall–Kier alpha value is -1.14. The summed E-state index contributed by atoms with van der Waals surface area (Å²) in [5.74, 6) is -0.809. The molecular weight excluding hydrogens is 162 g/mol. The summed E-state index contributed by atoms with van der Waals surface area (Å²) in [7, 11) is 0. The molecule has 0 heterocycles. The van der Waals surface area contributed by atoms with Gasteiger partial charge in [-0.15, -0.1) is 0 Å². The smallest absolute Gasteiger partial charge is 0.375 e. The van der Waals surface area contributed by atoms with E-state index in [1.54, 1.807) is 0 Å². The van der Waals surface area contributed by atoms with Crippen LogP contribution in [0.3, 0.4) is 0 Å². The van der Waals surface area contributed by atoms with E-state index >= 15 is 0 Å². The Labute approximate surface area is 70.0 Å². The van der Waals surface area contributed by atoms with Gasteiger partial charge < -0.3 is 21.9 Å². The Bertz CT molecular complexity index is 171. The van der Waals surface area contributed by atoms with Crippen molar-refractivity contribution in [3.8, 4) is 0 Å². The Balaban J connectivity index is 3.69. The molecule has 0 aromatic rings. The van der Waals surface area contributed by atoms with Gasteiger partial charge in [0.05, 0.1) is 0 Å². The van der Waals surface area contributed by atoms with Gasteiger partial charge in [0.2, 0.25) is 0 Å². The van der Waals surface area contributed by atoms with Crippen molar-refractivity contribution in [2.75, 3.05) is 6.54 Å². The number of carbonyl (C=O) groups excluding carboxylic acids is 2. The number of rotatable bonds is 4. The first kappa shape index (κ1) is 10.9. The van der Waals surface area contributed by atoms with Crippen LogP contribution >= 0.6 is 0 Å². The fourth-order valence-corrected chi connectivity index (χ4v) is 0.630. The molecule has 0 bridgehead atoms. The standard InChI is InChI=1S/C6H13N3O3/c7-3-1-2-4(8)5(10)12-6(9)11/h4H,1-3,7-8H2,(H2,9,11)/t4-/m1/s1. The van der Waals surface area contributed by atoms with Gasteiger partial charge in [0, 0.05) is 0 Å². The lowest BCUT2D eigenvalue weighted by atomic mass is 10.2. The maximum absolute atomic E-state index is 10.8. The Morgan fingerprint density at radius 2 is 2.00 bits per heavy atom. The van der Waals surface area contributed by atoms with Gasteiger partial charge in [-0.3, -0.25) is 0 Å². The molecule has 0 aliphatic rings. The van der Waals surface area contributed by atoms with Crippen LogP contribution in [0.4, 0.5) is 4.79 Å². The van der Waals surface area contributed by atoms with E-state index in [4.69, 9.17) is 11.5 Å². The first-order chi connectivity index (χ1) is 5.57. The van der Waals surface area contributed by atoms with Gasteiger partial charge in [-0.1, -0.05) is 0 Å². The van der Waals surface area contributed by atoms with Gasteiger partial charge in [0.1, 0.15) is 6.04 Å². The lowest BCUT2D eigenvalue weighted by Gasteiger charge is -2.07. The van der Waals surface area contributed by atoms with Gasteiger partial charge in [0.25, 0.3) is 0 Å². The highest BCUT2D eigenvalue weighted by atomic mass is 16.6. The summed E-state index contributed by atoms with van der Waals surface area (Å²) in [6.45, 7) is 0.442. The summed E-state index contributed by atoms with van der Waals surface area (Å²) in [6, 6.07) is -0.818. The maximum atomic E-state index is 10.8. The van der Waals surface area contributed by atoms with Gasteiger partial charge >= 0.3 is 12.1 Å². The summed E-state index contributed by atoms with van der Waals surface area (Å²) in [5, 5.41) is 0. The predicted molar refractivity (Wildman–Crippen MR) is 41.9 cm³/mol. The van der Waals surface area contributed by atoms with E-state index in [-0.39, 0.29) is 0 Å². The lowest BCUT2D eigenvalue weighted by Crippen LogP contribution is -2.35. The molecular formula is C6H13N3O3. The molecule has 0 unspecified atom stereocenters. The third-order valence-corrected chi connectivity index (χ3v) is 1.22. The molecule has 0 saturated heterocycles. The van der Waals surface area contributed by atoms with Crippen molar-refractivity contribution in [2.45, 2.75) is 18.9 Å². The molecule has 6 N–H and O–H groups in total. The predicted octanol–water partition coefficient (Wildman–Crippen LogP) is -1.33. The second-order valence-electron chi connectivity index (χ2n) is 2.28.